The Morgan fingerprint density at radius 3 is 2.62 bits per heavy atom. The van der Waals surface area contributed by atoms with E-state index in [9.17, 15) is 4.79 Å². The van der Waals surface area contributed by atoms with Crippen LogP contribution in [-0.4, -0.2) is 12.1 Å². The second-order valence-corrected chi connectivity index (χ2v) is 3.74. The van der Waals surface area contributed by atoms with Crippen LogP contribution in [-0.2, 0) is 16.0 Å². The molecule has 0 fully saturated rings. The van der Waals surface area contributed by atoms with E-state index in [0.29, 0.717) is 6.42 Å². The van der Waals surface area contributed by atoms with Gasteiger partial charge in [-0.15, -0.1) is 0 Å². The molecule has 0 aliphatic heterocycles. The summed E-state index contributed by atoms with van der Waals surface area (Å²) in [6.07, 6.45) is 1.44. The molecule has 0 aliphatic carbocycles. The molecule has 2 nitrogen and oxygen atoms in total. The number of hydrogen-bond acceptors (Lipinski definition) is 2. The number of hydrogen-bond donors (Lipinski definition) is 0. The Bertz CT molecular complexity index is 382. The van der Waals surface area contributed by atoms with Gasteiger partial charge >= 0.3 is 5.97 Å². The van der Waals surface area contributed by atoms with Crippen LogP contribution in [0.2, 0.25) is 0 Å². The first-order chi connectivity index (χ1) is 7.68. The minimum absolute atomic E-state index is 0.101. The van der Waals surface area contributed by atoms with Gasteiger partial charge in [0.1, 0.15) is 0 Å². The van der Waals surface area contributed by atoms with Crippen molar-refractivity contribution in [3.63, 3.8) is 0 Å². The maximum Gasteiger partial charge on any atom is 0.384 e. The molecule has 2 heteroatoms. The van der Waals surface area contributed by atoms with Gasteiger partial charge < -0.3 is 4.74 Å². The van der Waals surface area contributed by atoms with E-state index in [1.807, 2.05) is 44.2 Å². The fourth-order valence-electron chi connectivity index (χ4n) is 1.23. The predicted octanol–water partition coefficient (Wildman–Crippen LogP) is 2.57. The molecule has 0 aliphatic rings. The Morgan fingerprint density at radius 1 is 1.31 bits per heavy atom. The van der Waals surface area contributed by atoms with Crippen molar-refractivity contribution in [3.8, 4) is 11.8 Å². The molecule has 0 saturated heterocycles. The van der Waals surface area contributed by atoms with Gasteiger partial charge in [-0.3, -0.25) is 0 Å². The highest BCUT2D eigenvalue weighted by atomic mass is 16.5. The van der Waals surface area contributed by atoms with Gasteiger partial charge in [-0.25, -0.2) is 4.79 Å². The second-order valence-electron chi connectivity index (χ2n) is 3.74. The molecular weight excluding hydrogens is 200 g/mol. The number of ether oxygens (including phenoxy) is 1. The molecule has 0 bridgehead atoms. The third-order valence-corrected chi connectivity index (χ3v) is 1.91. The number of carbonyl (C=O) groups excluding carboxylic acids is 1. The third kappa shape index (κ3) is 5.21. The number of carbonyl (C=O) groups is 1. The minimum Gasteiger partial charge on any atom is -0.453 e. The summed E-state index contributed by atoms with van der Waals surface area (Å²) in [6, 6.07) is 10.1. The Balaban J connectivity index is 2.30. The van der Waals surface area contributed by atoms with Crippen LogP contribution < -0.4 is 0 Å². The predicted molar refractivity (Wildman–Crippen MR) is 63.8 cm³/mol. The van der Waals surface area contributed by atoms with E-state index >= 15 is 0 Å². The molecule has 0 radical (unpaired) electrons. The number of esters is 1. The van der Waals surface area contributed by atoms with Gasteiger partial charge in [0, 0.05) is 12.3 Å². The molecule has 0 amide bonds. The van der Waals surface area contributed by atoms with Crippen LogP contribution >= 0.6 is 0 Å². The zero-order valence-electron chi connectivity index (χ0n) is 9.69. The Kier molecular flexibility index (Phi) is 5.15. The van der Waals surface area contributed by atoms with Crippen LogP contribution in [0.5, 0.6) is 0 Å². The SMILES string of the molecule is CC(C)OC(=O)C#CCCc1ccccc1. The van der Waals surface area contributed by atoms with Crippen molar-refractivity contribution in [3.05, 3.63) is 35.9 Å². The van der Waals surface area contributed by atoms with E-state index < -0.39 is 5.97 Å². The molecule has 16 heavy (non-hydrogen) atoms. The fraction of sp³-hybridized carbons (Fsp3) is 0.357. The highest BCUT2D eigenvalue weighted by molar-refractivity contribution is 5.88. The summed E-state index contributed by atoms with van der Waals surface area (Å²) in [5.41, 5.74) is 1.23. The Hall–Kier alpha value is -1.75. The fourth-order valence-corrected chi connectivity index (χ4v) is 1.23. The first-order valence-electron chi connectivity index (χ1n) is 5.42. The molecule has 84 valence electrons. The van der Waals surface area contributed by atoms with Crippen LogP contribution in [0.4, 0.5) is 0 Å². The Labute approximate surface area is 96.6 Å². The first kappa shape index (κ1) is 12.3. The summed E-state index contributed by atoms with van der Waals surface area (Å²) in [7, 11) is 0. The lowest BCUT2D eigenvalue weighted by Crippen LogP contribution is -2.08. The van der Waals surface area contributed by atoms with Gasteiger partial charge in [0.15, 0.2) is 0 Å². The van der Waals surface area contributed by atoms with Gasteiger partial charge in [0.05, 0.1) is 6.10 Å². The average Bonchev–Trinajstić information content (AvgIpc) is 2.25. The van der Waals surface area contributed by atoms with Crippen molar-refractivity contribution >= 4 is 5.97 Å². The molecule has 1 rings (SSSR count). The van der Waals surface area contributed by atoms with Crippen molar-refractivity contribution < 1.29 is 9.53 Å². The minimum atomic E-state index is -0.442. The summed E-state index contributed by atoms with van der Waals surface area (Å²) in [4.78, 5) is 11.1. The molecule has 0 aromatic heterocycles. The van der Waals surface area contributed by atoms with E-state index in [4.69, 9.17) is 4.74 Å². The van der Waals surface area contributed by atoms with Gasteiger partial charge in [-0.05, 0) is 25.8 Å². The van der Waals surface area contributed by atoms with Crippen LogP contribution in [0.1, 0.15) is 25.8 Å². The van der Waals surface area contributed by atoms with E-state index in [2.05, 4.69) is 11.8 Å². The number of rotatable bonds is 3. The largest absolute Gasteiger partial charge is 0.453 e. The number of benzene rings is 1. The summed E-state index contributed by atoms with van der Waals surface area (Å²) < 4.78 is 4.89. The van der Waals surface area contributed by atoms with Gasteiger partial charge in [0.25, 0.3) is 0 Å². The maximum absolute atomic E-state index is 11.1. The quantitative estimate of drug-likeness (QED) is 0.441. The third-order valence-electron chi connectivity index (χ3n) is 1.91. The lowest BCUT2D eigenvalue weighted by Gasteiger charge is -2.01. The second kappa shape index (κ2) is 6.68. The highest BCUT2D eigenvalue weighted by Crippen LogP contribution is 2.01. The van der Waals surface area contributed by atoms with Gasteiger partial charge in [-0.2, -0.15) is 0 Å². The van der Waals surface area contributed by atoms with Gasteiger partial charge in [0.2, 0.25) is 0 Å². The molecule has 0 heterocycles. The number of aryl methyl sites for hydroxylation is 1. The first-order valence-corrected chi connectivity index (χ1v) is 5.42. The van der Waals surface area contributed by atoms with Crippen molar-refractivity contribution in [2.45, 2.75) is 32.8 Å². The average molecular weight is 216 g/mol. The van der Waals surface area contributed by atoms with E-state index in [1.165, 1.54) is 5.56 Å². The van der Waals surface area contributed by atoms with E-state index in [-0.39, 0.29) is 6.10 Å². The zero-order chi connectivity index (χ0) is 11.8. The Morgan fingerprint density at radius 2 is 2.00 bits per heavy atom. The summed E-state index contributed by atoms with van der Waals surface area (Å²) in [6.45, 7) is 3.62. The van der Waals surface area contributed by atoms with E-state index in [0.717, 1.165) is 6.42 Å². The summed E-state index contributed by atoms with van der Waals surface area (Å²) in [5.74, 6) is 4.85. The molecule has 0 N–H and O–H groups in total. The smallest absolute Gasteiger partial charge is 0.384 e. The lowest BCUT2D eigenvalue weighted by atomic mass is 10.1. The standard InChI is InChI=1S/C14H16O2/c1-12(2)16-14(15)11-7-6-10-13-8-4-3-5-9-13/h3-5,8-9,12H,6,10H2,1-2H3. The van der Waals surface area contributed by atoms with Crippen molar-refractivity contribution in [1.82, 2.24) is 0 Å². The lowest BCUT2D eigenvalue weighted by molar-refractivity contribution is -0.140. The normalized spacial score (nSPS) is 9.44. The monoisotopic (exact) mass is 216 g/mol. The molecule has 0 unspecified atom stereocenters. The summed E-state index contributed by atoms with van der Waals surface area (Å²) in [5, 5.41) is 0. The molecule has 1 aromatic carbocycles. The van der Waals surface area contributed by atoms with Crippen molar-refractivity contribution in [2.24, 2.45) is 0 Å². The van der Waals surface area contributed by atoms with Crippen LogP contribution in [0.3, 0.4) is 0 Å². The van der Waals surface area contributed by atoms with Crippen LogP contribution in [0.15, 0.2) is 30.3 Å². The van der Waals surface area contributed by atoms with Crippen LogP contribution in [0.25, 0.3) is 0 Å². The highest BCUT2D eigenvalue weighted by Gasteiger charge is 1.98. The maximum atomic E-state index is 11.1. The van der Waals surface area contributed by atoms with Crippen molar-refractivity contribution in [1.29, 1.82) is 0 Å². The van der Waals surface area contributed by atoms with Gasteiger partial charge in [-0.1, -0.05) is 36.3 Å². The molecule has 0 atom stereocenters. The topological polar surface area (TPSA) is 26.3 Å². The van der Waals surface area contributed by atoms with Crippen molar-refractivity contribution in [2.75, 3.05) is 0 Å². The van der Waals surface area contributed by atoms with Crippen LogP contribution in [0, 0.1) is 11.8 Å². The molecule has 1 aromatic rings. The van der Waals surface area contributed by atoms with E-state index in [1.54, 1.807) is 0 Å². The molecular formula is C14H16O2. The zero-order valence-corrected chi connectivity index (χ0v) is 9.69. The molecule has 0 saturated carbocycles. The summed E-state index contributed by atoms with van der Waals surface area (Å²) >= 11 is 0. The molecule has 0 spiro atoms.